The molecular formula is C33H31ClN4O6. The van der Waals surface area contributed by atoms with Crippen LogP contribution in [0.4, 0.5) is 16.2 Å². The van der Waals surface area contributed by atoms with E-state index in [1.54, 1.807) is 60.8 Å². The van der Waals surface area contributed by atoms with E-state index in [2.05, 4.69) is 20.9 Å². The standard InChI is InChI=1S/C33H31ClN4O6/c34-27-6-2-4-8-29(27)38-33(42)36-22-10-12-23(13-11-22)43-24-14-16-25(17-15-24)44-31-18-9-21(20-35-31)19-30(39)37-28-7-3-1-5-26(28)32(40)41/h1-9,14-18,20,22-23H,10-13,19H2,(H,37,39)(H,40,41)(H2,36,38,42). The Morgan fingerprint density at radius 3 is 2.18 bits per heavy atom. The highest BCUT2D eigenvalue weighted by atomic mass is 35.5. The first-order valence-electron chi connectivity index (χ1n) is 14.2. The highest BCUT2D eigenvalue weighted by Gasteiger charge is 2.24. The van der Waals surface area contributed by atoms with E-state index in [4.69, 9.17) is 21.1 Å². The smallest absolute Gasteiger partial charge is 0.337 e. The van der Waals surface area contributed by atoms with Gasteiger partial charge in [-0.15, -0.1) is 0 Å². The Labute approximate surface area is 259 Å². The number of hydrogen-bond donors (Lipinski definition) is 4. The van der Waals surface area contributed by atoms with Crippen molar-refractivity contribution in [2.24, 2.45) is 0 Å². The second-order valence-corrected chi connectivity index (χ2v) is 10.7. The Bertz CT molecular complexity index is 1610. The van der Waals surface area contributed by atoms with Gasteiger partial charge in [0.15, 0.2) is 0 Å². The number of benzene rings is 3. The van der Waals surface area contributed by atoms with Crippen LogP contribution in [0.3, 0.4) is 0 Å². The molecule has 3 amide bonds. The van der Waals surface area contributed by atoms with Crippen molar-refractivity contribution < 1.29 is 29.0 Å². The molecule has 1 aliphatic carbocycles. The predicted molar refractivity (Wildman–Crippen MR) is 167 cm³/mol. The number of rotatable bonds is 10. The maximum Gasteiger partial charge on any atom is 0.337 e. The molecule has 0 spiro atoms. The summed E-state index contributed by atoms with van der Waals surface area (Å²) >= 11 is 6.11. The van der Waals surface area contributed by atoms with Crippen molar-refractivity contribution in [3.05, 3.63) is 107 Å². The summed E-state index contributed by atoms with van der Waals surface area (Å²) in [5.41, 5.74) is 1.49. The SMILES string of the molecule is O=C(Cc1ccc(Oc2ccc(OC3CCC(NC(=O)Nc4ccccc4Cl)CC3)cc2)nc1)Nc1ccccc1C(=O)O. The van der Waals surface area contributed by atoms with Gasteiger partial charge in [-0.1, -0.05) is 41.9 Å². The summed E-state index contributed by atoms with van der Waals surface area (Å²) in [6.45, 7) is 0. The molecule has 44 heavy (non-hydrogen) atoms. The molecule has 10 nitrogen and oxygen atoms in total. The average Bonchev–Trinajstić information content (AvgIpc) is 3.01. The number of carbonyl (C=O) groups is 3. The number of nitrogens with one attached hydrogen (secondary N) is 3. The first kappa shape index (κ1) is 30.4. The molecule has 3 aromatic carbocycles. The molecule has 0 radical (unpaired) electrons. The molecular weight excluding hydrogens is 584 g/mol. The maximum absolute atomic E-state index is 12.4. The van der Waals surface area contributed by atoms with Crippen LogP contribution in [-0.4, -0.2) is 40.1 Å². The summed E-state index contributed by atoms with van der Waals surface area (Å²) < 4.78 is 12.0. The first-order chi connectivity index (χ1) is 21.3. The van der Waals surface area contributed by atoms with Gasteiger partial charge >= 0.3 is 12.0 Å². The van der Waals surface area contributed by atoms with E-state index in [9.17, 15) is 19.5 Å². The van der Waals surface area contributed by atoms with Crippen LogP contribution in [0.25, 0.3) is 0 Å². The molecule has 0 atom stereocenters. The fraction of sp³-hybridized carbons (Fsp3) is 0.212. The summed E-state index contributed by atoms with van der Waals surface area (Å²) in [5, 5.41) is 18.2. The highest BCUT2D eigenvalue weighted by Crippen LogP contribution is 2.27. The Hall–Kier alpha value is -5.09. The Balaban J connectivity index is 1.04. The Morgan fingerprint density at radius 1 is 0.818 bits per heavy atom. The zero-order valence-corrected chi connectivity index (χ0v) is 24.4. The summed E-state index contributed by atoms with van der Waals surface area (Å²) in [6, 6.07) is 23.8. The van der Waals surface area contributed by atoms with Crippen LogP contribution in [0.1, 0.15) is 41.6 Å². The van der Waals surface area contributed by atoms with E-state index in [0.29, 0.717) is 27.9 Å². The van der Waals surface area contributed by atoms with Gasteiger partial charge in [0, 0.05) is 18.3 Å². The Kier molecular flexibility index (Phi) is 9.93. The second-order valence-electron chi connectivity index (χ2n) is 10.3. The number of hydrogen-bond acceptors (Lipinski definition) is 6. The predicted octanol–water partition coefficient (Wildman–Crippen LogP) is 6.92. The van der Waals surface area contributed by atoms with E-state index >= 15 is 0 Å². The van der Waals surface area contributed by atoms with Gasteiger partial charge in [-0.2, -0.15) is 0 Å². The number of carboxylic acids is 1. The molecule has 4 N–H and O–H groups in total. The van der Waals surface area contributed by atoms with Gasteiger partial charge in [0.1, 0.15) is 11.5 Å². The van der Waals surface area contributed by atoms with Crippen molar-refractivity contribution >= 4 is 40.9 Å². The normalized spacial score (nSPS) is 15.9. The lowest BCUT2D eigenvalue weighted by atomic mass is 9.93. The van der Waals surface area contributed by atoms with Crippen molar-refractivity contribution in [1.29, 1.82) is 0 Å². The number of pyridine rings is 1. The average molecular weight is 615 g/mol. The number of para-hydroxylation sites is 2. The topological polar surface area (TPSA) is 139 Å². The van der Waals surface area contributed by atoms with Crippen molar-refractivity contribution in [3.63, 3.8) is 0 Å². The third-order valence-corrected chi connectivity index (χ3v) is 7.40. The molecule has 1 saturated carbocycles. The lowest BCUT2D eigenvalue weighted by molar-refractivity contribution is -0.115. The number of carboxylic acid groups (broad SMARTS) is 1. The number of amides is 3. The van der Waals surface area contributed by atoms with E-state index in [-0.39, 0.29) is 41.8 Å². The van der Waals surface area contributed by atoms with Crippen LogP contribution < -0.4 is 25.4 Å². The fourth-order valence-corrected chi connectivity index (χ4v) is 5.05. The fourth-order valence-electron chi connectivity index (χ4n) is 4.87. The number of aromatic nitrogens is 1. The number of aromatic carboxylic acids is 1. The number of carbonyl (C=O) groups excluding carboxylic acids is 2. The minimum Gasteiger partial charge on any atom is -0.490 e. The molecule has 0 saturated heterocycles. The third kappa shape index (κ3) is 8.48. The summed E-state index contributed by atoms with van der Waals surface area (Å²) in [7, 11) is 0. The van der Waals surface area contributed by atoms with Crippen LogP contribution in [-0.2, 0) is 11.2 Å². The zero-order chi connectivity index (χ0) is 30.9. The molecule has 1 aromatic heterocycles. The molecule has 5 rings (SSSR count). The van der Waals surface area contributed by atoms with Gasteiger partial charge < -0.3 is 30.5 Å². The molecule has 1 aliphatic rings. The second kappa shape index (κ2) is 14.4. The van der Waals surface area contributed by atoms with Crippen molar-refractivity contribution in [1.82, 2.24) is 10.3 Å². The first-order valence-corrected chi connectivity index (χ1v) is 14.5. The van der Waals surface area contributed by atoms with E-state index in [1.807, 2.05) is 24.3 Å². The molecule has 4 aromatic rings. The number of halogens is 1. The van der Waals surface area contributed by atoms with Crippen LogP contribution >= 0.6 is 11.6 Å². The van der Waals surface area contributed by atoms with Crippen LogP contribution in [0.2, 0.25) is 5.02 Å². The van der Waals surface area contributed by atoms with Gasteiger partial charge in [-0.3, -0.25) is 4.79 Å². The molecule has 0 bridgehead atoms. The molecule has 226 valence electrons. The molecule has 1 heterocycles. The minimum atomic E-state index is -1.11. The zero-order valence-electron chi connectivity index (χ0n) is 23.7. The highest BCUT2D eigenvalue weighted by molar-refractivity contribution is 6.33. The summed E-state index contributed by atoms with van der Waals surface area (Å²) in [5.74, 6) is 0.205. The molecule has 0 aliphatic heterocycles. The van der Waals surface area contributed by atoms with Crippen molar-refractivity contribution in [2.45, 2.75) is 44.2 Å². The van der Waals surface area contributed by atoms with Crippen LogP contribution in [0.15, 0.2) is 91.1 Å². The van der Waals surface area contributed by atoms with Gasteiger partial charge in [-0.25, -0.2) is 14.6 Å². The van der Waals surface area contributed by atoms with Crippen molar-refractivity contribution in [3.8, 4) is 17.4 Å². The lowest BCUT2D eigenvalue weighted by Gasteiger charge is -2.29. The van der Waals surface area contributed by atoms with Crippen molar-refractivity contribution in [2.75, 3.05) is 10.6 Å². The van der Waals surface area contributed by atoms with E-state index in [0.717, 1.165) is 31.4 Å². The monoisotopic (exact) mass is 614 g/mol. The number of ether oxygens (including phenoxy) is 2. The van der Waals surface area contributed by atoms with Gasteiger partial charge in [0.05, 0.1) is 34.5 Å². The quantitative estimate of drug-likeness (QED) is 0.152. The van der Waals surface area contributed by atoms with Gasteiger partial charge in [0.25, 0.3) is 0 Å². The van der Waals surface area contributed by atoms with E-state index < -0.39 is 5.97 Å². The van der Waals surface area contributed by atoms with Gasteiger partial charge in [0.2, 0.25) is 11.8 Å². The maximum atomic E-state index is 12.4. The number of nitrogens with zero attached hydrogens (tertiary/aromatic N) is 1. The van der Waals surface area contributed by atoms with Gasteiger partial charge in [-0.05, 0) is 79.8 Å². The molecule has 11 heteroatoms. The Morgan fingerprint density at radius 2 is 1.50 bits per heavy atom. The lowest BCUT2D eigenvalue weighted by Crippen LogP contribution is -2.41. The largest absolute Gasteiger partial charge is 0.490 e. The van der Waals surface area contributed by atoms with Crippen LogP contribution in [0.5, 0.6) is 17.4 Å². The number of anilines is 2. The summed E-state index contributed by atoms with van der Waals surface area (Å²) in [6.07, 6.45) is 4.87. The molecule has 1 fully saturated rings. The number of urea groups is 1. The summed E-state index contributed by atoms with van der Waals surface area (Å²) in [4.78, 5) is 40.4. The van der Waals surface area contributed by atoms with Crippen LogP contribution in [0, 0.1) is 0 Å². The molecule has 0 unspecified atom stereocenters. The third-order valence-electron chi connectivity index (χ3n) is 7.07. The minimum absolute atomic E-state index is 0.0239. The van der Waals surface area contributed by atoms with E-state index in [1.165, 1.54) is 6.07 Å².